The van der Waals surface area contributed by atoms with Crippen molar-refractivity contribution >= 4 is 70.5 Å². The van der Waals surface area contributed by atoms with Gasteiger partial charge in [-0.2, -0.15) is 20.3 Å². The van der Waals surface area contributed by atoms with Gasteiger partial charge in [-0.3, -0.25) is 14.4 Å². The number of carbonyl (C=O) groups excluding carboxylic acids is 8. The number of esters is 5. The fraction of sp³-hybridized carbons (Fsp3) is 0.690. The van der Waals surface area contributed by atoms with Crippen molar-refractivity contribution in [3.05, 3.63) is 5.92 Å². The number of Topliss-reactive ketones (excluding diaryl/α,β-unsaturated/α-hetero) is 1. The van der Waals surface area contributed by atoms with Crippen LogP contribution in [0.3, 0.4) is 0 Å². The molecule has 0 saturated carbocycles. The number of likely N-dealkylation sites (tertiary alicyclic amines) is 2. The number of methoxy groups -OCH3 is 5. The van der Waals surface area contributed by atoms with E-state index in [-0.39, 0.29) is 48.3 Å². The molecule has 0 aromatic rings. The van der Waals surface area contributed by atoms with Gasteiger partial charge in [0.05, 0.1) is 35.5 Å². The Kier molecular flexibility index (Phi) is 22.4. The van der Waals surface area contributed by atoms with Crippen LogP contribution < -0.4 is 12.4 Å². The monoisotopic (exact) mass is 688 g/mol. The third-order valence-corrected chi connectivity index (χ3v) is 7.36. The minimum atomic E-state index is -1.16. The molecule has 2 aliphatic rings. The number of hydrogen-bond donors (Lipinski definition) is 0. The quantitative estimate of drug-likeness (QED) is 0.0851. The number of nitrogens with zero attached hydrogens (tertiary/aromatic N) is 2. The minimum Gasteiger partial charge on any atom is -1.00 e. The molecule has 0 aromatic carbocycles. The standard InChI is InChI=1S/C14H21NO6.C10H13NO7.C5H11.ClH.Mg/c1-6-14(2,3)10(16)11(17)15-8(12(18)20-4)7-9(15)13(19)21-5;1-16-8(13)5-4-6(9(14)17-2)11(5)7(12)10(15)18-3;1-4-5(2)3;;/h8-9H,6-7H2,1-5H3;5-6H,4H2,1-3H3;4H2,1-3H3;1H;/q;;-1;;+2/p-1/t8-,9-;5-,6-;;;/m00.../s1. The summed E-state index contributed by atoms with van der Waals surface area (Å²) in [6, 6.07) is -3.76. The van der Waals surface area contributed by atoms with Crippen LogP contribution in [0.4, 0.5) is 0 Å². The zero-order valence-electron chi connectivity index (χ0n) is 28.4. The van der Waals surface area contributed by atoms with Crippen molar-refractivity contribution in [1.29, 1.82) is 0 Å². The van der Waals surface area contributed by atoms with Crippen LogP contribution in [0.1, 0.15) is 67.2 Å². The van der Waals surface area contributed by atoms with Gasteiger partial charge in [0.2, 0.25) is 5.78 Å². The number of hydrogen-bond acceptors (Lipinski definition) is 13. The summed E-state index contributed by atoms with van der Waals surface area (Å²) in [6.07, 6.45) is 1.85. The molecule has 2 saturated heterocycles. The Labute approximate surface area is 292 Å². The van der Waals surface area contributed by atoms with Crippen molar-refractivity contribution in [2.24, 2.45) is 5.41 Å². The van der Waals surface area contributed by atoms with Gasteiger partial charge >= 0.3 is 58.8 Å². The smallest absolute Gasteiger partial charge is 1.00 e. The molecule has 2 fully saturated rings. The summed E-state index contributed by atoms with van der Waals surface area (Å²) in [4.78, 5) is 95.1. The summed E-state index contributed by atoms with van der Waals surface area (Å²) in [6.45, 7) is 11.5. The van der Waals surface area contributed by atoms with Crippen LogP contribution in [0.5, 0.6) is 0 Å². The van der Waals surface area contributed by atoms with Crippen molar-refractivity contribution in [3.8, 4) is 0 Å². The number of amides is 2. The average Bonchev–Trinajstić information content (AvgIpc) is 2.98. The van der Waals surface area contributed by atoms with E-state index < -0.39 is 77.0 Å². The number of rotatable bonds is 8. The molecule has 17 heteroatoms. The topological polar surface area (TPSA) is 189 Å². The van der Waals surface area contributed by atoms with Gasteiger partial charge in [-0.1, -0.05) is 27.7 Å². The fourth-order valence-corrected chi connectivity index (χ4v) is 3.75. The molecule has 0 radical (unpaired) electrons. The Morgan fingerprint density at radius 2 is 0.913 bits per heavy atom. The zero-order chi connectivity index (χ0) is 34.5. The fourth-order valence-electron chi connectivity index (χ4n) is 3.75. The van der Waals surface area contributed by atoms with Gasteiger partial charge in [0.15, 0.2) is 0 Å². The molecule has 2 amide bonds. The molecule has 2 heterocycles. The van der Waals surface area contributed by atoms with Gasteiger partial charge < -0.3 is 51.8 Å². The molecule has 4 atom stereocenters. The number of ketones is 1. The SMILES string of the molecule is CCC(C)(C)C(=O)C(=O)N1[C@H](C(=O)OC)C[C@H]1C(=O)OC.CC[C-](C)C.COC(=O)C(=O)N1[C@H](C(=O)OC)C[C@H]1C(=O)OC.[Cl-].[Mg+2]. The Morgan fingerprint density at radius 1 is 0.630 bits per heavy atom. The maximum atomic E-state index is 12.4. The molecule has 0 unspecified atom stereocenters. The summed E-state index contributed by atoms with van der Waals surface area (Å²) in [7, 11) is 5.70. The molecule has 2 rings (SSSR count). The van der Waals surface area contributed by atoms with Crippen molar-refractivity contribution in [1.82, 2.24) is 9.80 Å². The molecule has 0 aromatic heterocycles. The molecule has 0 N–H and O–H groups in total. The van der Waals surface area contributed by atoms with Gasteiger partial charge in [0.25, 0.3) is 5.91 Å². The third-order valence-electron chi connectivity index (χ3n) is 7.36. The molecule has 46 heavy (non-hydrogen) atoms. The van der Waals surface area contributed by atoms with Crippen LogP contribution >= 0.6 is 0 Å². The van der Waals surface area contributed by atoms with E-state index in [1.807, 2.05) is 0 Å². The van der Waals surface area contributed by atoms with Crippen LogP contribution in [-0.4, -0.2) is 140 Å². The minimum absolute atomic E-state index is 0. The van der Waals surface area contributed by atoms with Crippen LogP contribution in [0.15, 0.2) is 0 Å². The summed E-state index contributed by atoms with van der Waals surface area (Å²) in [5.41, 5.74) is -0.853. The first-order valence-corrected chi connectivity index (χ1v) is 13.8. The molecule has 258 valence electrons. The molecular formula is C29H45ClMgN2O13. The molecular weight excluding hydrogens is 644 g/mol. The molecule has 0 spiro atoms. The van der Waals surface area contributed by atoms with E-state index in [0.29, 0.717) is 6.42 Å². The summed E-state index contributed by atoms with van der Waals surface area (Å²) < 4.78 is 22.4. The van der Waals surface area contributed by atoms with Crippen molar-refractivity contribution < 1.29 is 74.4 Å². The molecule has 0 aliphatic carbocycles. The number of halogens is 1. The Bertz CT molecular complexity index is 1060. The van der Waals surface area contributed by atoms with E-state index in [1.54, 1.807) is 20.8 Å². The first kappa shape index (κ1) is 47.4. The Hall–Kier alpha value is -2.98. The van der Waals surface area contributed by atoms with Crippen LogP contribution in [0, 0.1) is 11.3 Å². The second-order valence-electron chi connectivity index (χ2n) is 10.7. The first-order chi connectivity index (χ1) is 20.4. The van der Waals surface area contributed by atoms with Gasteiger partial charge in [-0.25, -0.2) is 24.0 Å². The van der Waals surface area contributed by atoms with Crippen molar-refractivity contribution in [2.75, 3.05) is 35.5 Å². The molecule has 15 nitrogen and oxygen atoms in total. The largest absolute Gasteiger partial charge is 2.00 e. The van der Waals surface area contributed by atoms with Gasteiger partial charge in [-0.15, -0.1) is 0 Å². The van der Waals surface area contributed by atoms with E-state index in [0.717, 1.165) is 31.1 Å². The van der Waals surface area contributed by atoms with E-state index >= 15 is 0 Å². The van der Waals surface area contributed by atoms with E-state index in [4.69, 9.17) is 0 Å². The van der Waals surface area contributed by atoms with E-state index in [9.17, 15) is 38.4 Å². The maximum Gasteiger partial charge on any atom is 2.00 e. The maximum absolute atomic E-state index is 12.4. The van der Waals surface area contributed by atoms with Gasteiger partial charge in [0, 0.05) is 18.3 Å². The third kappa shape index (κ3) is 12.0. The van der Waals surface area contributed by atoms with Gasteiger partial charge in [-0.05, 0) is 6.42 Å². The van der Waals surface area contributed by atoms with Gasteiger partial charge in [0.1, 0.15) is 24.2 Å². The predicted octanol–water partition coefficient (Wildman–Crippen LogP) is -2.58. The first-order valence-electron chi connectivity index (χ1n) is 13.8. The van der Waals surface area contributed by atoms with Crippen molar-refractivity contribution in [3.63, 3.8) is 0 Å². The van der Waals surface area contributed by atoms with E-state index in [2.05, 4.69) is 44.5 Å². The second kappa shape index (κ2) is 21.7. The van der Waals surface area contributed by atoms with E-state index in [1.165, 1.54) is 26.6 Å². The Morgan fingerprint density at radius 3 is 1.13 bits per heavy atom. The average molecular weight is 689 g/mol. The zero-order valence-corrected chi connectivity index (χ0v) is 30.6. The number of ether oxygens (including phenoxy) is 5. The number of carbonyl (C=O) groups is 8. The van der Waals surface area contributed by atoms with Crippen LogP contribution in [0.2, 0.25) is 0 Å². The van der Waals surface area contributed by atoms with Crippen LogP contribution in [0.25, 0.3) is 0 Å². The van der Waals surface area contributed by atoms with Crippen LogP contribution in [-0.2, 0) is 62.0 Å². The summed E-state index contributed by atoms with van der Waals surface area (Å²) in [5.74, 6) is -4.90. The van der Waals surface area contributed by atoms with Crippen molar-refractivity contribution in [2.45, 2.75) is 91.4 Å². The molecule has 2 aliphatic heterocycles. The second-order valence-corrected chi connectivity index (χ2v) is 10.7. The summed E-state index contributed by atoms with van der Waals surface area (Å²) in [5, 5.41) is 0. The predicted molar refractivity (Wildman–Crippen MR) is 158 cm³/mol. The Balaban J connectivity index is -0.000000680. The molecule has 0 bridgehead atoms. The summed E-state index contributed by atoms with van der Waals surface area (Å²) >= 11 is 0. The normalized spacial score (nSPS) is 19.2.